The molecule has 0 amide bonds. The summed E-state index contributed by atoms with van der Waals surface area (Å²) in [7, 11) is 0. The van der Waals surface area contributed by atoms with Crippen molar-refractivity contribution in [3.63, 3.8) is 0 Å². The second-order valence-corrected chi connectivity index (χ2v) is 6.19. The van der Waals surface area contributed by atoms with E-state index in [9.17, 15) is 4.79 Å². The van der Waals surface area contributed by atoms with Crippen LogP contribution in [0.5, 0.6) is 0 Å². The van der Waals surface area contributed by atoms with Crippen LogP contribution in [0.4, 0.5) is 0 Å². The fourth-order valence-corrected chi connectivity index (χ4v) is 3.18. The molecule has 0 saturated heterocycles. The summed E-state index contributed by atoms with van der Waals surface area (Å²) in [6, 6.07) is 5.75. The summed E-state index contributed by atoms with van der Waals surface area (Å²) in [6.07, 6.45) is 3.19. The third kappa shape index (κ3) is 2.73. The third-order valence-corrected chi connectivity index (χ3v) is 4.56. The third-order valence-electron chi connectivity index (χ3n) is 3.82. The molecule has 1 aromatic carbocycles. The molecule has 3 heteroatoms. The van der Waals surface area contributed by atoms with Crippen molar-refractivity contribution in [2.24, 2.45) is 11.8 Å². The minimum Gasteiger partial charge on any atom is -0.299 e. The average molecular weight is 285 g/mol. The molecular weight excluding hydrogens is 267 g/mol. The van der Waals surface area contributed by atoms with Crippen molar-refractivity contribution < 1.29 is 4.79 Å². The van der Waals surface area contributed by atoms with E-state index in [0.29, 0.717) is 21.7 Å². The van der Waals surface area contributed by atoms with Crippen LogP contribution in [0.1, 0.15) is 44.6 Å². The maximum Gasteiger partial charge on any atom is 0.139 e. The van der Waals surface area contributed by atoms with Crippen LogP contribution in [0.2, 0.25) is 10.0 Å². The molecule has 1 aromatic rings. The van der Waals surface area contributed by atoms with Gasteiger partial charge in [0, 0.05) is 11.8 Å². The smallest absolute Gasteiger partial charge is 0.139 e. The van der Waals surface area contributed by atoms with Crippen molar-refractivity contribution in [3.8, 4) is 0 Å². The van der Waals surface area contributed by atoms with Gasteiger partial charge >= 0.3 is 0 Å². The molecule has 0 aliphatic heterocycles. The maximum absolute atomic E-state index is 12.2. The Morgan fingerprint density at radius 2 is 1.94 bits per heavy atom. The van der Waals surface area contributed by atoms with Gasteiger partial charge in [-0.3, -0.25) is 4.79 Å². The van der Waals surface area contributed by atoms with Crippen molar-refractivity contribution in [1.82, 2.24) is 0 Å². The van der Waals surface area contributed by atoms with E-state index in [0.717, 1.165) is 24.8 Å². The van der Waals surface area contributed by atoms with E-state index < -0.39 is 0 Å². The Morgan fingerprint density at radius 3 is 2.56 bits per heavy atom. The molecule has 98 valence electrons. The Kier molecular flexibility index (Phi) is 4.34. The lowest BCUT2D eigenvalue weighted by molar-refractivity contribution is -0.126. The first-order valence-corrected chi connectivity index (χ1v) is 7.25. The molecule has 2 rings (SSSR count). The van der Waals surface area contributed by atoms with Crippen LogP contribution in [0, 0.1) is 11.8 Å². The molecule has 0 unspecified atom stereocenters. The van der Waals surface area contributed by atoms with E-state index in [-0.39, 0.29) is 11.8 Å². The molecule has 0 bridgehead atoms. The fraction of sp³-hybridized carbons (Fsp3) is 0.533. The average Bonchev–Trinajstić information content (AvgIpc) is 2.80. The summed E-state index contributed by atoms with van der Waals surface area (Å²) in [5, 5.41) is 1.15. The number of halogens is 2. The summed E-state index contributed by atoms with van der Waals surface area (Å²) in [4.78, 5) is 12.2. The Bertz CT molecular complexity index is 454. The Hall–Kier alpha value is -0.530. The Morgan fingerprint density at radius 1 is 1.22 bits per heavy atom. The molecule has 0 spiro atoms. The highest BCUT2D eigenvalue weighted by Gasteiger charge is 2.34. The van der Waals surface area contributed by atoms with Gasteiger partial charge in [-0.05, 0) is 36.5 Å². The summed E-state index contributed by atoms with van der Waals surface area (Å²) < 4.78 is 0. The number of hydrogen-bond acceptors (Lipinski definition) is 1. The minimum absolute atomic E-state index is 0.110. The monoisotopic (exact) mass is 284 g/mol. The second kappa shape index (κ2) is 5.63. The maximum atomic E-state index is 12.2. The van der Waals surface area contributed by atoms with Crippen molar-refractivity contribution >= 4 is 29.0 Å². The first-order chi connectivity index (χ1) is 8.50. The quantitative estimate of drug-likeness (QED) is 0.755. The van der Waals surface area contributed by atoms with Crippen LogP contribution in [-0.4, -0.2) is 5.78 Å². The van der Waals surface area contributed by atoms with Crippen LogP contribution in [0.25, 0.3) is 0 Å². The highest BCUT2D eigenvalue weighted by atomic mass is 35.5. The zero-order valence-corrected chi connectivity index (χ0v) is 12.3. The number of carbonyl (C=O) groups is 1. The van der Waals surface area contributed by atoms with Crippen LogP contribution in [-0.2, 0) is 4.79 Å². The first-order valence-electron chi connectivity index (χ1n) is 6.49. The number of hydrogen-bond donors (Lipinski definition) is 0. The van der Waals surface area contributed by atoms with Crippen molar-refractivity contribution in [3.05, 3.63) is 33.8 Å². The van der Waals surface area contributed by atoms with Crippen LogP contribution >= 0.6 is 23.2 Å². The highest BCUT2D eigenvalue weighted by Crippen LogP contribution is 2.42. The molecule has 0 radical (unpaired) electrons. The van der Waals surface area contributed by atoms with Gasteiger partial charge in [-0.25, -0.2) is 0 Å². The summed E-state index contributed by atoms with van der Waals surface area (Å²) in [5.41, 5.74) is 1.15. The largest absolute Gasteiger partial charge is 0.299 e. The normalized spacial score (nSPS) is 23.6. The molecule has 18 heavy (non-hydrogen) atoms. The Balaban J connectivity index is 2.26. The summed E-state index contributed by atoms with van der Waals surface area (Å²) in [6.45, 7) is 3.96. The van der Waals surface area contributed by atoms with E-state index in [2.05, 4.69) is 0 Å². The molecule has 1 aliphatic carbocycles. The number of Topliss-reactive ketones (excluding diaryl/α,β-unsaturated/α-hetero) is 1. The summed E-state index contributed by atoms with van der Waals surface area (Å²) >= 11 is 12.0. The summed E-state index contributed by atoms with van der Waals surface area (Å²) in [5.74, 6) is 0.957. The van der Waals surface area contributed by atoms with Gasteiger partial charge in [0.15, 0.2) is 0 Å². The highest BCUT2D eigenvalue weighted by molar-refractivity contribution is 6.42. The standard InChI is InChI=1S/C15H18Cl2O/c1-9(2)15(18)12-5-3-4-11(12)10-6-7-13(16)14(17)8-10/h6-9,11-12H,3-5H2,1-2H3/t11-,12+/m1/s1. The zero-order chi connectivity index (χ0) is 13.3. The van der Waals surface area contributed by atoms with Gasteiger partial charge in [0.05, 0.1) is 10.0 Å². The molecule has 1 nitrogen and oxygen atoms in total. The number of rotatable bonds is 3. The van der Waals surface area contributed by atoms with Gasteiger partial charge in [0.1, 0.15) is 5.78 Å². The van der Waals surface area contributed by atoms with Gasteiger partial charge in [-0.15, -0.1) is 0 Å². The van der Waals surface area contributed by atoms with Crippen molar-refractivity contribution in [1.29, 1.82) is 0 Å². The number of ketones is 1. The van der Waals surface area contributed by atoms with Crippen molar-refractivity contribution in [2.45, 2.75) is 39.0 Å². The topological polar surface area (TPSA) is 17.1 Å². The SMILES string of the molecule is CC(C)C(=O)[C@H]1CCC[C@@H]1c1ccc(Cl)c(Cl)c1. The van der Waals surface area contributed by atoms with Gasteiger partial charge in [0.2, 0.25) is 0 Å². The van der Waals surface area contributed by atoms with Gasteiger partial charge in [-0.2, -0.15) is 0 Å². The second-order valence-electron chi connectivity index (χ2n) is 5.37. The van der Waals surface area contributed by atoms with E-state index in [1.165, 1.54) is 0 Å². The van der Waals surface area contributed by atoms with Crippen LogP contribution in [0.15, 0.2) is 18.2 Å². The molecule has 0 heterocycles. The molecule has 0 N–H and O–H groups in total. The molecule has 1 fully saturated rings. The lowest BCUT2D eigenvalue weighted by Crippen LogP contribution is -2.22. The Labute approximate surface area is 118 Å². The zero-order valence-electron chi connectivity index (χ0n) is 10.7. The first kappa shape index (κ1) is 13.9. The van der Waals surface area contributed by atoms with Crippen LogP contribution < -0.4 is 0 Å². The predicted octanol–water partition coefficient (Wildman–Crippen LogP) is 5.10. The van der Waals surface area contributed by atoms with E-state index in [1.807, 2.05) is 32.0 Å². The number of benzene rings is 1. The van der Waals surface area contributed by atoms with E-state index in [4.69, 9.17) is 23.2 Å². The van der Waals surface area contributed by atoms with Gasteiger partial charge < -0.3 is 0 Å². The molecular formula is C15H18Cl2O. The minimum atomic E-state index is 0.110. The lowest BCUT2D eigenvalue weighted by Gasteiger charge is -2.21. The van der Waals surface area contributed by atoms with Crippen molar-refractivity contribution in [2.75, 3.05) is 0 Å². The van der Waals surface area contributed by atoms with Crippen LogP contribution in [0.3, 0.4) is 0 Å². The molecule has 2 atom stereocenters. The number of carbonyl (C=O) groups excluding carboxylic acids is 1. The fourth-order valence-electron chi connectivity index (χ4n) is 2.87. The predicted molar refractivity (Wildman–Crippen MR) is 76.4 cm³/mol. The molecule has 0 aromatic heterocycles. The molecule has 1 aliphatic rings. The molecule has 1 saturated carbocycles. The van der Waals surface area contributed by atoms with Gasteiger partial charge in [0.25, 0.3) is 0 Å². The lowest BCUT2D eigenvalue weighted by atomic mass is 9.83. The van der Waals surface area contributed by atoms with Gasteiger partial charge in [-0.1, -0.05) is 49.5 Å². The van der Waals surface area contributed by atoms with E-state index >= 15 is 0 Å². The van der Waals surface area contributed by atoms with E-state index in [1.54, 1.807) is 0 Å².